The first-order valence-electron chi connectivity index (χ1n) is 8.71. The maximum atomic E-state index is 13.0. The van der Waals surface area contributed by atoms with E-state index in [-0.39, 0.29) is 11.9 Å². The molecule has 0 fully saturated rings. The molecular formula is C19H22N6O. The largest absolute Gasteiger partial charge is 0.342 e. The van der Waals surface area contributed by atoms with Gasteiger partial charge in [-0.05, 0) is 20.3 Å². The highest BCUT2D eigenvalue weighted by Crippen LogP contribution is 2.22. The van der Waals surface area contributed by atoms with Crippen molar-refractivity contribution in [2.24, 2.45) is 0 Å². The molecule has 1 amide bonds. The van der Waals surface area contributed by atoms with E-state index < -0.39 is 0 Å². The standard InChI is InChI=1S/C19H22N6O/c1-4-16(18-21-12-22-25(18)5-2)24-19(26)15-11-20-13(3)23-17(15)14-9-7-6-8-10-14/h6-12,16H,4-5H2,1-3H3,(H,24,26)/t16-/m0/s1. The van der Waals surface area contributed by atoms with Gasteiger partial charge in [0.05, 0.1) is 17.3 Å². The van der Waals surface area contributed by atoms with Crippen LogP contribution in [0.15, 0.2) is 42.9 Å². The second kappa shape index (κ2) is 7.86. The third kappa shape index (κ3) is 3.61. The predicted molar refractivity (Wildman–Crippen MR) is 98.4 cm³/mol. The number of hydrogen-bond acceptors (Lipinski definition) is 5. The zero-order valence-electron chi connectivity index (χ0n) is 15.2. The fourth-order valence-electron chi connectivity index (χ4n) is 2.82. The van der Waals surface area contributed by atoms with Crippen molar-refractivity contribution in [1.82, 2.24) is 30.0 Å². The summed E-state index contributed by atoms with van der Waals surface area (Å²) in [4.78, 5) is 26.0. The van der Waals surface area contributed by atoms with Crippen LogP contribution < -0.4 is 5.32 Å². The quantitative estimate of drug-likeness (QED) is 0.739. The van der Waals surface area contributed by atoms with Crippen molar-refractivity contribution < 1.29 is 4.79 Å². The number of benzene rings is 1. The molecule has 2 heterocycles. The average molecular weight is 350 g/mol. The Hall–Kier alpha value is -3.09. The van der Waals surface area contributed by atoms with Gasteiger partial charge in [0.1, 0.15) is 18.0 Å². The highest BCUT2D eigenvalue weighted by atomic mass is 16.1. The van der Waals surface area contributed by atoms with Crippen LogP contribution in [0, 0.1) is 6.92 Å². The number of amides is 1. The lowest BCUT2D eigenvalue weighted by Gasteiger charge is -2.18. The highest BCUT2D eigenvalue weighted by Gasteiger charge is 2.22. The van der Waals surface area contributed by atoms with Gasteiger partial charge in [-0.25, -0.2) is 19.6 Å². The van der Waals surface area contributed by atoms with Crippen molar-refractivity contribution >= 4 is 5.91 Å². The minimum Gasteiger partial charge on any atom is -0.342 e. The molecule has 3 rings (SSSR count). The minimum absolute atomic E-state index is 0.221. The fourth-order valence-corrected chi connectivity index (χ4v) is 2.82. The van der Waals surface area contributed by atoms with Crippen LogP contribution in [0.2, 0.25) is 0 Å². The molecule has 0 spiro atoms. The normalized spacial score (nSPS) is 12.0. The molecule has 3 aromatic rings. The first-order valence-corrected chi connectivity index (χ1v) is 8.71. The summed E-state index contributed by atoms with van der Waals surface area (Å²) in [7, 11) is 0. The highest BCUT2D eigenvalue weighted by molar-refractivity contribution is 5.99. The molecule has 0 aliphatic rings. The number of aromatic nitrogens is 5. The van der Waals surface area contributed by atoms with Gasteiger partial charge in [-0.3, -0.25) is 4.79 Å². The summed E-state index contributed by atoms with van der Waals surface area (Å²) in [6, 6.07) is 9.42. The summed E-state index contributed by atoms with van der Waals surface area (Å²) in [6.45, 7) is 6.51. The van der Waals surface area contributed by atoms with Gasteiger partial charge >= 0.3 is 0 Å². The lowest BCUT2D eigenvalue weighted by Crippen LogP contribution is -2.31. The van der Waals surface area contributed by atoms with E-state index in [1.807, 2.05) is 51.1 Å². The Labute approximate surface area is 152 Å². The third-order valence-corrected chi connectivity index (χ3v) is 4.17. The summed E-state index contributed by atoms with van der Waals surface area (Å²) in [5.74, 6) is 1.15. The van der Waals surface area contributed by atoms with Crippen LogP contribution in [0.4, 0.5) is 0 Å². The molecule has 1 N–H and O–H groups in total. The number of nitrogens with one attached hydrogen (secondary N) is 1. The molecule has 0 saturated heterocycles. The topological polar surface area (TPSA) is 85.6 Å². The molecule has 134 valence electrons. The van der Waals surface area contributed by atoms with E-state index in [2.05, 4.69) is 25.4 Å². The van der Waals surface area contributed by atoms with E-state index in [1.54, 1.807) is 10.9 Å². The van der Waals surface area contributed by atoms with Crippen molar-refractivity contribution in [3.63, 3.8) is 0 Å². The Balaban J connectivity index is 1.93. The smallest absolute Gasteiger partial charge is 0.255 e. The summed E-state index contributed by atoms with van der Waals surface area (Å²) >= 11 is 0. The van der Waals surface area contributed by atoms with Crippen molar-refractivity contribution in [3.05, 3.63) is 60.1 Å². The molecule has 2 aromatic heterocycles. The van der Waals surface area contributed by atoms with Gasteiger partial charge in [0.25, 0.3) is 5.91 Å². The van der Waals surface area contributed by atoms with Gasteiger partial charge in [-0.15, -0.1) is 0 Å². The molecule has 1 atom stereocenters. The molecule has 0 bridgehead atoms. The third-order valence-electron chi connectivity index (χ3n) is 4.17. The second-order valence-electron chi connectivity index (χ2n) is 5.91. The number of carbonyl (C=O) groups is 1. The van der Waals surface area contributed by atoms with Crippen molar-refractivity contribution in [2.45, 2.75) is 39.8 Å². The lowest BCUT2D eigenvalue weighted by molar-refractivity contribution is 0.0932. The molecule has 0 unspecified atom stereocenters. The van der Waals surface area contributed by atoms with Gasteiger partial charge in [0, 0.05) is 18.3 Å². The lowest BCUT2D eigenvalue weighted by atomic mass is 10.1. The van der Waals surface area contributed by atoms with Crippen LogP contribution in [0.1, 0.15) is 48.3 Å². The van der Waals surface area contributed by atoms with Crippen molar-refractivity contribution in [3.8, 4) is 11.3 Å². The first-order chi connectivity index (χ1) is 12.6. The van der Waals surface area contributed by atoms with E-state index in [4.69, 9.17) is 0 Å². The van der Waals surface area contributed by atoms with Gasteiger partial charge in [-0.1, -0.05) is 37.3 Å². The maximum absolute atomic E-state index is 13.0. The van der Waals surface area contributed by atoms with Crippen LogP contribution in [0.5, 0.6) is 0 Å². The van der Waals surface area contributed by atoms with Crippen molar-refractivity contribution in [2.75, 3.05) is 0 Å². The first kappa shape index (κ1) is 17.7. The molecule has 0 radical (unpaired) electrons. The molecule has 26 heavy (non-hydrogen) atoms. The van der Waals surface area contributed by atoms with Gasteiger partial charge < -0.3 is 5.32 Å². The molecule has 0 aliphatic carbocycles. The SMILES string of the molecule is CC[C@H](NC(=O)c1cnc(C)nc1-c1ccccc1)c1ncnn1CC. The second-order valence-corrected chi connectivity index (χ2v) is 5.91. The summed E-state index contributed by atoms with van der Waals surface area (Å²) in [5.41, 5.74) is 1.96. The Morgan fingerprint density at radius 3 is 2.65 bits per heavy atom. The van der Waals surface area contributed by atoms with Crippen LogP contribution >= 0.6 is 0 Å². The monoisotopic (exact) mass is 350 g/mol. The number of carbonyl (C=O) groups excluding carboxylic acids is 1. The number of hydrogen-bond donors (Lipinski definition) is 1. The number of nitrogens with zero attached hydrogens (tertiary/aromatic N) is 5. The Morgan fingerprint density at radius 2 is 1.96 bits per heavy atom. The van der Waals surface area contributed by atoms with Gasteiger partial charge in [0.15, 0.2) is 0 Å². The van der Waals surface area contributed by atoms with E-state index >= 15 is 0 Å². The molecule has 0 aliphatic heterocycles. The van der Waals surface area contributed by atoms with E-state index in [0.29, 0.717) is 30.0 Å². The summed E-state index contributed by atoms with van der Waals surface area (Å²) in [6.07, 6.45) is 3.80. The summed E-state index contributed by atoms with van der Waals surface area (Å²) in [5, 5.41) is 7.24. The Bertz CT molecular complexity index is 890. The average Bonchev–Trinajstić information content (AvgIpc) is 3.15. The molecule has 7 heteroatoms. The van der Waals surface area contributed by atoms with E-state index in [0.717, 1.165) is 11.4 Å². The molecule has 0 saturated carbocycles. The number of rotatable bonds is 6. The van der Waals surface area contributed by atoms with Crippen LogP contribution in [-0.4, -0.2) is 30.6 Å². The Morgan fingerprint density at radius 1 is 1.19 bits per heavy atom. The number of aryl methyl sites for hydroxylation is 2. The summed E-state index contributed by atoms with van der Waals surface area (Å²) < 4.78 is 1.79. The van der Waals surface area contributed by atoms with Gasteiger partial charge in [-0.2, -0.15) is 5.10 Å². The zero-order chi connectivity index (χ0) is 18.5. The minimum atomic E-state index is -0.227. The molecular weight excluding hydrogens is 328 g/mol. The van der Waals surface area contributed by atoms with Crippen LogP contribution in [0.3, 0.4) is 0 Å². The maximum Gasteiger partial charge on any atom is 0.255 e. The predicted octanol–water partition coefficient (Wildman–Crippen LogP) is 2.94. The van der Waals surface area contributed by atoms with Crippen LogP contribution in [-0.2, 0) is 6.54 Å². The van der Waals surface area contributed by atoms with Gasteiger partial charge in [0.2, 0.25) is 0 Å². The fraction of sp³-hybridized carbons (Fsp3) is 0.316. The molecule has 7 nitrogen and oxygen atoms in total. The van der Waals surface area contributed by atoms with E-state index in [9.17, 15) is 4.79 Å². The molecule has 1 aromatic carbocycles. The van der Waals surface area contributed by atoms with Crippen molar-refractivity contribution in [1.29, 1.82) is 0 Å². The Kier molecular flexibility index (Phi) is 5.36. The zero-order valence-corrected chi connectivity index (χ0v) is 15.2. The van der Waals surface area contributed by atoms with E-state index in [1.165, 1.54) is 6.33 Å². The van der Waals surface area contributed by atoms with Crippen LogP contribution in [0.25, 0.3) is 11.3 Å².